The Kier molecular flexibility index (Phi) is 5.85. The number of carbonyl (C=O) groups is 1. The van der Waals surface area contributed by atoms with Crippen molar-refractivity contribution in [2.75, 3.05) is 34.4 Å². The molecule has 8 heteroatoms. The number of methoxy groups -OCH3 is 3. The van der Waals surface area contributed by atoms with Gasteiger partial charge in [-0.1, -0.05) is 0 Å². The van der Waals surface area contributed by atoms with Gasteiger partial charge in [-0.2, -0.15) is 5.10 Å². The number of aromatic nitrogens is 2. The van der Waals surface area contributed by atoms with Crippen molar-refractivity contribution in [3.8, 4) is 17.2 Å². The van der Waals surface area contributed by atoms with Crippen molar-refractivity contribution in [3.05, 3.63) is 36.2 Å². The number of nitrogens with zero attached hydrogens (tertiary/aromatic N) is 2. The first kappa shape index (κ1) is 19.0. The van der Waals surface area contributed by atoms with Crippen molar-refractivity contribution in [2.24, 2.45) is 0 Å². The number of amides is 1. The highest BCUT2D eigenvalue weighted by atomic mass is 16.5. The Bertz CT molecular complexity index is 770. The Labute approximate surface area is 158 Å². The van der Waals surface area contributed by atoms with Crippen LogP contribution in [0.25, 0.3) is 0 Å². The van der Waals surface area contributed by atoms with Gasteiger partial charge < -0.3 is 24.8 Å². The summed E-state index contributed by atoms with van der Waals surface area (Å²) in [4.78, 5) is 13.2. The average Bonchev–Trinajstić information content (AvgIpc) is 3.27. The molecule has 0 aliphatic carbocycles. The zero-order valence-electron chi connectivity index (χ0n) is 15.9. The number of benzene rings is 1. The lowest BCUT2D eigenvalue weighted by Crippen LogP contribution is -2.54. The van der Waals surface area contributed by atoms with Crippen LogP contribution in [-0.4, -0.2) is 50.1 Å². The van der Waals surface area contributed by atoms with E-state index in [4.69, 9.17) is 14.2 Å². The van der Waals surface area contributed by atoms with Gasteiger partial charge in [-0.05, 0) is 38.1 Å². The molecule has 1 aromatic heterocycles. The maximum Gasteiger partial charge on any atom is 0.248 e. The minimum absolute atomic E-state index is 0.0514. The molecule has 1 fully saturated rings. The van der Waals surface area contributed by atoms with E-state index in [2.05, 4.69) is 15.7 Å². The van der Waals surface area contributed by atoms with Crippen molar-refractivity contribution >= 4 is 5.91 Å². The first-order chi connectivity index (χ1) is 13.1. The number of piperidine rings is 1. The summed E-state index contributed by atoms with van der Waals surface area (Å²) in [6.07, 6.45) is 4.92. The van der Waals surface area contributed by atoms with Gasteiger partial charge in [0, 0.05) is 30.6 Å². The van der Waals surface area contributed by atoms with Gasteiger partial charge in [-0.25, -0.2) is 0 Å². The van der Waals surface area contributed by atoms with Crippen LogP contribution in [0.3, 0.4) is 0 Å². The van der Waals surface area contributed by atoms with Gasteiger partial charge in [0.25, 0.3) is 0 Å². The van der Waals surface area contributed by atoms with E-state index in [-0.39, 0.29) is 5.91 Å². The maximum absolute atomic E-state index is 13.2. The smallest absolute Gasteiger partial charge is 0.248 e. The van der Waals surface area contributed by atoms with Crippen LogP contribution in [0.5, 0.6) is 17.2 Å². The van der Waals surface area contributed by atoms with E-state index in [9.17, 15) is 4.79 Å². The first-order valence-electron chi connectivity index (χ1n) is 8.92. The summed E-state index contributed by atoms with van der Waals surface area (Å²) in [6.45, 7) is 1.86. The van der Waals surface area contributed by atoms with E-state index >= 15 is 0 Å². The standard InChI is InChI=1S/C19H26N4O4/c1-25-15-12-17(27-3)16(26-2)11-14(15)13-21-18(24)19(5-8-20-9-6-19)23-10-4-7-22-23/h4,7,10-12,20H,5-6,8-9,13H2,1-3H3,(H,21,24). The molecule has 1 aliphatic heterocycles. The molecule has 0 saturated carbocycles. The highest BCUT2D eigenvalue weighted by molar-refractivity contribution is 5.84. The van der Waals surface area contributed by atoms with Gasteiger partial charge in [-0.3, -0.25) is 9.48 Å². The van der Waals surface area contributed by atoms with E-state index in [1.807, 2.05) is 18.3 Å². The fraction of sp³-hybridized carbons (Fsp3) is 0.474. The normalized spacial score (nSPS) is 15.8. The number of nitrogens with one attached hydrogen (secondary N) is 2. The van der Waals surface area contributed by atoms with Crippen LogP contribution in [-0.2, 0) is 16.9 Å². The molecule has 0 atom stereocenters. The summed E-state index contributed by atoms with van der Waals surface area (Å²) in [5, 5.41) is 10.7. The maximum atomic E-state index is 13.2. The quantitative estimate of drug-likeness (QED) is 0.760. The largest absolute Gasteiger partial charge is 0.496 e. The Morgan fingerprint density at radius 1 is 1.15 bits per heavy atom. The van der Waals surface area contributed by atoms with E-state index in [1.165, 1.54) is 0 Å². The Hall–Kier alpha value is -2.74. The van der Waals surface area contributed by atoms with Gasteiger partial charge >= 0.3 is 0 Å². The summed E-state index contributed by atoms with van der Waals surface area (Å²) in [5.74, 6) is 1.75. The summed E-state index contributed by atoms with van der Waals surface area (Å²) in [7, 11) is 4.74. The highest BCUT2D eigenvalue weighted by Crippen LogP contribution is 2.35. The third-order valence-corrected chi connectivity index (χ3v) is 5.02. The second kappa shape index (κ2) is 8.30. The highest BCUT2D eigenvalue weighted by Gasteiger charge is 2.41. The first-order valence-corrected chi connectivity index (χ1v) is 8.92. The third kappa shape index (κ3) is 3.71. The van der Waals surface area contributed by atoms with Crippen molar-refractivity contribution in [3.63, 3.8) is 0 Å². The molecule has 1 aromatic carbocycles. The van der Waals surface area contributed by atoms with Gasteiger partial charge in [0.2, 0.25) is 5.91 Å². The van der Waals surface area contributed by atoms with Crippen LogP contribution in [0.15, 0.2) is 30.6 Å². The van der Waals surface area contributed by atoms with E-state index in [0.29, 0.717) is 36.6 Å². The number of carbonyl (C=O) groups excluding carboxylic acids is 1. The molecule has 2 heterocycles. The zero-order chi connectivity index (χ0) is 19.3. The fourth-order valence-electron chi connectivity index (χ4n) is 3.49. The van der Waals surface area contributed by atoms with Gasteiger partial charge in [0.05, 0.1) is 21.3 Å². The molecule has 27 heavy (non-hydrogen) atoms. The topological polar surface area (TPSA) is 86.6 Å². The average molecular weight is 374 g/mol. The van der Waals surface area contributed by atoms with Crippen molar-refractivity contribution < 1.29 is 19.0 Å². The van der Waals surface area contributed by atoms with Crippen molar-refractivity contribution in [2.45, 2.75) is 24.9 Å². The Morgan fingerprint density at radius 2 is 1.81 bits per heavy atom. The molecular formula is C19H26N4O4. The summed E-state index contributed by atoms with van der Waals surface area (Å²) >= 11 is 0. The second-order valence-corrected chi connectivity index (χ2v) is 6.43. The number of hydrogen-bond donors (Lipinski definition) is 2. The minimum Gasteiger partial charge on any atom is -0.496 e. The van der Waals surface area contributed by atoms with Crippen LogP contribution < -0.4 is 24.8 Å². The zero-order valence-corrected chi connectivity index (χ0v) is 15.9. The molecule has 0 unspecified atom stereocenters. The van der Waals surface area contributed by atoms with E-state index in [0.717, 1.165) is 18.7 Å². The van der Waals surface area contributed by atoms with Gasteiger partial charge in [0.15, 0.2) is 11.5 Å². The molecule has 1 aliphatic rings. The van der Waals surface area contributed by atoms with E-state index < -0.39 is 5.54 Å². The molecule has 1 saturated heterocycles. The molecule has 2 N–H and O–H groups in total. The van der Waals surface area contributed by atoms with Crippen molar-refractivity contribution in [1.29, 1.82) is 0 Å². The summed E-state index contributed by atoms with van der Waals surface area (Å²) in [6, 6.07) is 5.42. The number of hydrogen-bond acceptors (Lipinski definition) is 6. The molecule has 0 spiro atoms. The van der Waals surface area contributed by atoms with Gasteiger partial charge in [-0.15, -0.1) is 0 Å². The second-order valence-electron chi connectivity index (χ2n) is 6.43. The monoisotopic (exact) mass is 374 g/mol. The Balaban J connectivity index is 1.82. The molecule has 0 bridgehead atoms. The summed E-state index contributed by atoms with van der Waals surface area (Å²) in [5.41, 5.74) is 0.131. The molecule has 2 aromatic rings. The molecule has 8 nitrogen and oxygen atoms in total. The molecule has 0 radical (unpaired) electrons. The fourth-order valence-corrected chi connectivity index (χ4v) is 3.49. The summed E-state index contributed by atoms with van der Waals surface area (Å²) < 4.78 is 17.9. The van der Waals surface area contributed by atoms with Crippen LogP contribution in [0, 0.1) is 0 Å². The molecule has 3 rings (SSSR count). The lowest BCUT2D eigenvalue weighted by molar-refractivity contribution is -0.132. The molecule has 1 amide bonds. The predicted octanol–water partition coefficient (Wildman–Crippen LogP) is 1.30. The van der Waals surface area contributed by atoms with Crippen LogP contribution in [0.2, 0.25) is 0 Å². The van der Waals surface area contributed by atoms with Crippen LogP contribution in [0.1, 0.15) is 18.4 Å². The van der Waals surface area contributed by atoms with Crippen LogP contribution >= 0.6 is 0 Å². The van der Waals surface area contributed by atoms with Crippen LogP contribution in [0.4, 0.5) is 0 Å². The predicted molar refractivity (Wildman–Crippen MR) is 100 cm³/mol. The van der Waals surface area contributed by atoms with Crippen molar-refractivity contribution in [1.82, 2.24) is 20.4 Å². The number of ether oxygens (including phenoxy) is 3. The van der Waals surface area contributed by atoms with E-state index in [1.54, 1.807) is 38.3 Å². The van der Waals surface area contributed by atoms with Gasteiger partial charge in [0.1, 0.15) is 11.3 Å². The number of rotatable bonds is 7. The Morgan fingerprint density at radius 3 is 2.41 bits per heavy atom. The SMILES string of the molecule is COc1cc(OC)c(OC)cc1CNC(=O)C1(n2cccn2)CCNCC1. The lowest BCUT2D eigenvalue weighted by atomic mass is 9.87. The molecular weight excluding hydrogens is 348 g/mol. The molecule has 146 valence electrons. The third-order valence-electron chi connectivity index (χ3n) is 5.02. The minimum atomic E-state index is -0.682. The lowest BCUT2D eigenvalue weighted by Gasteiger charge is -2.36.